The van der Waals surface area contributed by atoms with Crippen LogP contribution in [0, 0.1) is 5.41 Å². The summed E-state index contributed by atoms with van der Waals surface area (Å²) in [6.07, 6.45) is 2.20. The monoisotopic (exact) mass is 285 g/mol. The Bertz CT molecular complexity index is 274. The topological polar surface area (TPSA) is 55.4 Å². The maximum atomic E-state index is 11.4. The van der Waals surface area contributed by atoms with E-state index in [4.69, 9.17) is 4.74 Å². The van der Waals surface area contributed by atoms with E-state index < -0.39 is 10.0 Å². The van der Waals surface area contributed by atoms with Crippen molar-refractivity contribution in [3.63, 3.8) is 0 Å². The highest BCUT2D eigenvalue weighted by Gasteiger charge is 2.41. The molecule has 0 saturated heterocycles. The molecule has 0 aliphatic heterocycles. The fourth-order valence-electron chi connectivity index (χ4n) is 1.06. The number of hydrogen-bond donors (Lipinski definition) is 1. The summed E-state index contributed by atoms with van der Waals surface area (Å²) in [5.41, 5.74) is 0.181. The van der Waals surface area contributed by atoms with Crippen LogP contribution in [0.1, 0.15) is 12.8 Å². The lowest BCUT2D eigenvalue weighted by Crippen LogP contribution is -2.33. The predicted molar refractivity (Wildman–Crippen MR) is 59.1 cm³/mol. The molecule has 1 fully saturated rings. The van der Waals surface area contributed by atoms with Crippen LogP contribution in [-0.4, -0.2) is 39.8 Å². The molecule has 0 aromatic rings. The molecule has 1 aliphatic rings. The minimum atomic E-state index is -3.14. The molecule has 14 heavy (non-hydrogen) atoms. The lowest BCUT2D eigenvalue weighted by Gasteiger charge is -2.12. The molecule has 0 heterocycles. The van der Waals surface area contributed by atoms with E-state index in [0.717, 1.165) is 18.2 Å². The SMILES string of the molecule is COCCS(=O)(=O)NCC1(CBr)CC1. The zero-order chi connectivity index (χ0) is 10.7. The standard InChI is InChI=1S/C8H16BrNO3S/c1-13-4-5-14(11,12)10-7-8(6-9)2-3-8/h10H,2-7H2,1H3. The molecule has 4 nitrogen and oxygen atoms in total. The molecule has 1 saturated carbocycles. The molecule has 0 unspecified atom stereocenters. The highest BCUT2D eigenvalue weighted by atomic mass is 79.9. The van der Waals surface area contributed by atoms with Gasteiger partial charge in [-0.15, -0.1) is 0 Å². The Labute approximate surface area is 93.6 Å². The second kappa shape index (κ2) is 4.92. The van der Waals surface area contributed by atoms with Gasteiger partial charge in [0.25, 0.3) is 0 Å². The molecule has 0 aromatic heterocycles. The molecule has 84 valence electrons. The summed E-state index contributed by atoms with van der Waals surface area (Å²) in [7, 11) is -1.65. The van der Waals surface area contributed by atoms with Gasteiger partial charge < -0.3 is 4.74 Å². The van der Waals surface area contributed by atoms with Crippen LogP contribution in [-0.2, 0) is 14.8 Å². The summed E-state index contributed by atoms with van der Waals surface area (Å²) in [6.45, 7) is 0.793. The molecule has 0 aromatic carbocycles. The van der Waals surface area contributed by atoms with Crippen molar-refractivity contribution in [2.75, 3.05) is 31.3 Å². The lowest BCUT2D eigenvalue weighted by molar-refractivity contribution is 0.217. The quantitative estimate of drug-likeness (QED) is 0.702. The predicted octanol–water partition coefficient (Wildman–Crippen LogP) is 0.727. The Hall–Kier alpha value is 0.350. The third-order valence-electron chi connectivity index (χ3n) is 2.46. The van der Waals surface area contributed by atoms with E-state index in [1.165, 1.54) is 7.11 Å². The van der Waals surface area contributed by atoms with Gasteiger partial charge >= 0.3 is 0 Å². The Kier molecular flexibility index (Phi) is 4.36. The van der Waals surface area contributed by atoms with E-state index in [2.05, 4.69) is 20.7 Å². The molecule has 0 spiro atoms. The molecule has 0 amide bonds. The Balaban J connectivity index is 2.29. The average Bonchev–Trinajstić information content (AvgIpc) is 2.93. The second-order valence-corrected chi connectivity index (χ2v) is 6.25. The van der Waals surface area contributed by atoms with E-state index >= 15 is 0 Å². The van der Waals surface area contributed by atoms with Crippen molar-refractivity contribution in [1.29, 1.82) is 0 Å². The van der Waals surface area contributed by atoms with Crippen molar-refractivity contribution in [3.05, 3.63) is 0 Å². The number of halogens is 1. The number of sulfonamides is 1. The van der Waals surface area contributed by atoms with Crippen LogP contribution in [0.5, 0.6) is 0 Å². The van der Waals surface area contributed by atoms with E-state index in [9.17, 15) is 8.42 Å². The summed E-state index contributed by atoms with van der Waals surface area (Å²) in [5, 5.41) is 0.868. The lowest BCUT2D eigenvalue weighted by atomic mass is 10.1. The van der Waals surface area contributed by atoms with Crippen LogP contribution in [0.15, 0.2) is 0 Å². The maximum Gasteiger partial charge on any atom is 0.213 e. The van der Waals surface area contributed by atoms with Crippen molar-refractivity contribution in [3.8, 4) is 0 Å². The number of rotatable bonds is 7. The van der Waals surface area contributed by atoms with Crippen molar-refractivity contribution in [1.82, 2.24) is 4.72 Å². The van der Waals surface area contributed by atoms with Gasteiger partial charge in [-0.25, -0.2) is 13.1 Å². The first-order valence-corrected chi connectivity index (χ1v) is 7.33. The Morgan fingerprint density at radius 3 is 2.57 bits per heavy atom. The van der Waals surface area contributed by atoms with Crippen LogP contribution in [0.4, 0.5) is 0 Å². The number of ether oxygens (including phenoxy) is 1. The minimum Gasteiger partial charge on any atom is -0.384 e. The van der Waals surface area contributed by atoms with E-state index in [0.29, 0.717) is 6.54 Å². The largest absolute Gasteiger partial charge is 0.384 e. The number of nitrogens with one attached hydrogen (secondary N) is 1. The third-order valence-corrected chi connectivity index (χ3v) is 4.94. The first-order chi connectivity index (χ1) is 6.54. The van der Waals surface area contributed by atoms with Crippen LogP contribution in [0.3, 0.4) is 0 Å². The van der Waals surface area contributed by atoms with Gasteiger partial charge in [-0.05, 0) is 18.3 Å². The Morgan fingerprint density at radius 2 is 2.14 bits per heavy atom. The summed E-state index contributed by atoms with van der Waals surface area (Å²) in [4.78, 5) is 0. The van der Waals surface area contributed by atoms with Crippen LogP contribution in [0.2, 0.25) is 0 Å². The molecule has 1 aliphatic carbocycles. The zero-order valence-electron chi connectivity index (χ0n) is 8.25. The van der Waals surface area contributed by atoms with Gasteiger partial charge in [0.05, 0.1) is 12.4 Å². The van der Waals surface area contributed by atoms with E-state index in [1.54, 1.807) is 0 Å². The maximum absolute atomic E-state index is 11.4. The number of hydrogen-bond acceptors (Lipinski definition) is 3. The highest BCUT2D eigenvalue weighted by molar-refractivity contribution is 9.09. The molecule has 1 N–H and O–H groups in total. The third kappa shape index (κ3) is 3.84. The second-order valence-electron chi connectivity index (χ2n) is 3.77. The first kappa shape index (κ1) is 12.4. The highest BCUT2D eigenvalue weighted by Crippen LogP contribution is 2.46. The average molecular weight is 286 g/mol. The molecular weight excluding hydrogens is 270 g/mol. The molecule has 0 radical (unpaired) electrons. The van der Waals surface area contributed by atoms with Gasteiger partial charge in [0.2, 0.25) is 10.0 Å². The molecule has 6 heteroatoms. The molecule has 0 bridgehead atoms. The molecule has 1 rings (SSSR count). The molecule has 0 atom stereocenters. The smallest absolute Gasteiger partial charge is 0.213 e. The van der Waals surface area contributed by atoms with Gasteiger partial charge in [-0.1, -0.05) is 15.9 Å². The van der Waals surface area contributed by atoms with Crippen molar-refractivity contribution in [2.45, 2.75) is 12.8 Å². The van der Waals surface area contributed by atoms with E-state index in [-0.39, 0.29) is 17.8 Å². The minimum absolute atomic E-state index is 0.0435. The van der Waals surface area contributed by atoms with Crippen molar-refractivity contribution >= 4 is 26.0 Å². The van der Waals surface area contributed by atoms with Gasteiger partial charge in [0.1, 0.15) is 0 Å². The summed E-state index contributed by atoms with van der Waals surface area (Å²) >= 11 is 3.39. The fraction of sp³-hybridized carbons (Fsp3) is 1.00. The van der Waals surface area contributed by atoms with Gasteiger partial charge in [0.15, 0.2) is 0 Å². The fourth-order valence-corrected chi connectivity index (χ4v) is 2.88. The summed E-state index contributed by atoms with van der Waals surface area (Å²) in [5.74, 6) is 0.0435. The zero-order valence-corrected chi connectivity index (χ0v) is 10.7. The van der Waals surface area contributed by atoms with Crippen molar-refractivity contribution < 1.29 is 13.2 Å². The van der Waals surface area contributed by atoms with Crippen molar-refractivity contribution in [2.24, 2.45) is 5.41 Å². The normalized spacial score (nSPS) is 19.6. The Morgan fingerprint density at radius 1 is 1.50 bits per heavy atom. The van der Waals surface area contributed by atoms with Crippen LogP contribution < -0.4 is 4.72 Å². The van der Waals surface area contributed by atoms with Crippen LogP contribution >= 0.6 is 15.9 Å². The first-order valence-electron chi connectivity index (χ1n) is 4.56. The van der Waals surface area contributed by atoms with Gasteiger partial charge in [0, 0.05) is 19.0 Å². The number of methoxy groups -OCH3 is 1. The van der Waals surface area contributed by atoms with E-state index in [1.807, 2.05) is 0 Å². The number of alkyl halides is 1. The molecular formula is C8H16BrNO3S. The van der Waals surface area contributed by atoms with Gasteiger partial charge in [-0.3, -0.25) is 0 Å². The van der Waals surface area contributed by atoms with Gasteiger partial charge in [-0.2, -0.15) is 0 Å². The summed E-state index contributed by atoms with van der Waals surface area (Å²) < 4.78 is 30.1. The van der Waals surface area contributed by atoms with Crippen LogP contribution in [0.25, 0.3) is 0 Å². The summed E-state index contributed by atoms with van der Waals surface area (Å²) in [6, 6.07) is 0.